The van der Waals surface area contributed by atoms with Crippen LogP contribution in [0.3, 0.4) is 0 Å². The first-order valence-electron chi connectivity index (χ1n) is 3.80. The molecule has 0 unspecified atom stereocenters. The van der Waals surface area contributed by atoms with Crippen molar-refractivity contribution in [3.05, 3.63) is 28.8 Å². The Balaban J connectivity index is 3.33. The number of aryl methyl sites for hydroxylation is 1. The lowest BCUT2D eigenvalue weighted by Crippen LogP contribution is -1.94. The zero-order chi connectivity index (χ0) is 9.14. The number of hydrogen-bond donors (Lipinski definition) is 0. The van der Waals surface area contributed by atoms with Crippen LogP contribution < -0.4 is 4.74 Å². The molecule has 1 rings (SSSR count). The molecular formula is C10H12OS. The van der Waals surface area contributed by atoms with Gasteiger partial charge >= 0.3 is 0 Å². The first-order chi connectivity index (χ1) is 5.70. The molecule has 0 atom stereocenters. The van der Waals surface area contributed by atoms with Crippen LogP contribution in [-0.4, -0.2) is 12.5 Å². The molecule has 64 valence electrons. The second-order valence-electron chi connectivity index (χ2n) is 2.75. The molecule has 0 radical (unpaired) electrons. The lowest BCUT2D eigenvalue weighted by molar-refractivity contribution is 0.408. The zero-order valence-electron chi connectivity index (χ0n) is 7.55. The molecule has 1 nitrogen and oxygen atoms in total. The van der Waals surface area contributed by atoms with Gasteiger partial charge in [-0.05, 0) is 30.5 Å². The molecule has 0 spiro atoms. The number of rotatable bonds is 2. The third-order valence-electron chi connectivity index (χ3n) is 1.98. The molecule has 0 N–H and O–H groups in total. The first-order valence-corrected chi connectivity index (χ1v) is 4.27. The number of ether oxygens (including phenoxy) is 1. The summed E-state index contributed by atoms with van der Waals surface area (Å²) in [5.74, 6) is 0.939. The third kappa shape index (κ3) is 1.48. The lowest BCUT2D eigenvalue weighted by atomic mass is 10.1. The predicted octanol–water partition coefficient (Wildman–Crippen LogP) is 2.66. The second kappa shape index (κ2) is 3.68. The summed E-state index contributed by atoms with van der Waals surface area (Å²) in [6.07, 6.45) is 0. The lowest BCUT2D eigenvalue weighted by Gasteiger charge is -2.09. The third-order valence-corrected chi connectivity index (χ3v) is 2.23. The van der Waals surface area contributed by atoms with Gasteiger partial charge in [0, 0.05) is 5.37 Å². The summed E-state index contributed by atoms with van der Waals surface area (Å²) in [7, 11) is 1.68. The van der Waals surface area contributed by atoms with E-state index in [1.807, 2.05) is 26.0 Å². The Labute approximate surface area is 78.4 Å². The minimum Gasteiger partial charge on any atom is -0.496 e. The molecular weight excluding hydrogens is 168 g/mol. The van der Waals surface area contributed by atoms with Gasteiger partial charge in [-0.25, -0.2) is 0 Å². The summed E-state index contributed by atoms with van der Waals surface area (Å²) in [6, 6.07) is 4.03. The Morgan fingerprint density at radius 2 is 2.00 bits per heavy atom. The van der Waals surface area contributed by atoms with E-state index in [-0.39, 0.29) is 0 Å². The molecule has 1 aromatic rings. The molecule has 2 heteroatoms. The van der Waals surface area contributed by atoms with Gasteiger partial charge in [0.25, 0.3) is 0 Å². The summed E-state index contributed by atoms with van der Waals surface area (Å²) in [6.45, 7) is 4.04. The Hall–Kier alpha value is -0.890. The van der Waals surface area contributed by atoms with E-state index in [2.05, 4.69) is 0 Å². The van der Waals surface area contributed by atoms with Gasteiger partial charge in [0.2, 0.25) is 0 Å². The van der Waals surface area contributed by atoms with Crippen molar-refractivity contribution in [2.45, 2.75) is 13.8 Å². The maximum atomic E-state index is 5.25. The Kier molecular flexibility index (Phi) is 2.82. The van der Waals surface area contributed by atoms with Crippen molar-refractivity contribution in [3.8, 4) is 5.75 Å². The van der Waals surface area contributed by atoms with Crippen LogP contribution in [-0.2, 0) is 0 Å². The fourth-order valence-electron chi connectivity index (χ4n) is 1.28. The van der Waals surface area contributed by atoms with Gasteiger partial charge in [-0.15, -0.1) is 0 Å². The highest BCUT2D eigenvalue weighted by Crippen LogP contribution is 2.24. The second-order valence-corrected chi connectivity index (χ2v) is 2.98. The predicted molar refractivity (Wildman–Crippen MR) is 55.2 cm³/mol. The summed E-state index contributed by atoms with van der Waals surface area (Å²) < 4.78 is 5.25. The quantitative estimate of drug-likeness (QED) is 0.647. The fourth-order valence-corrected chi connectivity index (χ4v) is 1.54. The average molecular weight is 180 g/mol. The molecule has 0 fully saturated rings. The Bertz CT molecular complexity index is 305. The molecule has 0 aliphatic heterocycles. The monoisotopic (exact) mass is 180 g/mol. The summed E-state index contributed by atoms with van der Waals surface area (Å²) in [4.78, 5) is 0. The largest absolute Gasteiger partial charge is 0.496 e. The number of benzene rings is 1. The molecule has 1 aromatic carbocycles. The van der Waals surface area contributed by atoms with Gasteiger partial charge in [-0.3, -0.25) is 0 Å². The Morgan fingerprint density at radius 3 is 2.50 bits per heavy atom. The van der Waals surface area contributed by atoms with Gasteiger partial charge < -0.3 is 4.74 Å². The molecule has 0 saturated carbocycles. The van der Waals surface area contributed by atoms with Crippen molar-refractivity contribution in [3.63, 3.8) is 0 Å². The molecule has 0 saturated heterocycles. The van der Waals surface area contributed by atoms with Crippen molar-refractivity contribution < 1.29 is 4.74 Å². The summed E-state index contributed by atoms with van der Waals surface area (Å²) in [5.41, 5.74) is 3.33. The van der Waals surface area contributed by atoms with Crippen LogP contribution in [0.5, 0.6) is 5.75 Å². The van der Waals surface area contributed by atoms with E-state index in [1.54, 1.807) is 12.5 Å². The van der Waals surface area contributed by atoms with Crippen molar-refractivity contribution >= 4 is 17.6 Å². The van der Waals surface area contributed by atoms with E-state index in [9.17, 15) is 0 Å². The van der Waals surface area contributed by atoms with Crippen molar-refractivity contribution in [2.24, 2.45) is 0 Å². The molecule has 0 amide bonds. The van der Waals surface area contributed by atoms with Crippen LogP contribution in [0.15, 0.2) is 12.1 Å². The van der Waals surface area contributed by atoms with Crippen molar-refractivity contribution in [2.75, 3.05) is 7.11 Å². The Morgan fingerprint density at radius 1 is 1.33 bits per heavy atom. The SMILES string of the molecule is COc1c(C)ccc(C=S)c1C. The van der Waals surface area contributed by atoms with Gasteiger partial charge in [0.05, 0.1) is 7.11 Å². The van der Waals surface area contributed by atoms with Gasteiger partial charge in [-0.1, -0.05) is 24.4 Å². The van der Waals surface area contributed by atoms with Crippen LogP contribution >= 0.6 is 12.2 Å². The zero-order valence-corrected chi connectivity index (χ0v) is 8.37. The fraction of sp³-hybridized carbons (Fsp3) is 0.300. The smallest absolute Gasteiger partial charge is 0.125 e. The highest BCUT2D eigenvalue weighted by Gasteiger charge is 2.04. The van der Waals surface area contributed by atoms with E-state index in [0.29, 0.717) is 0 Å². The minimum absolute atomic E-state index is 0.939. The van der Waals surface area contributed by atoms with E-state index < -0.39 is 0 Å². The summed E-state index contributed by atoms with van der Waals surface area (Å²) >= 11 is 4.88. The van der Waals surface area contributed by atoms with Crippen molar-refractivity contribution in [1.82, 2.24) is 0 Å². The van der Waals surface area contributed by atoms with Crippen LogP contribution in [0, 0.1) is 13.8 Å². The maximum Gasteiger partial charge on any atom is 0.125 e. The van der Waals surface area contributed by atoms with Crippen LogP contribution in [0.2, 0.25) is 0 Å². The first kappa shape index (κ1) is 9.20. The highest BCUT2D eigenvalue weighted by molar-refractivity contribution is 7.79. The molecule has 0 bridgehead atoms. The van der Waals surface area contributed by atoms with Crippen molar-refractivity contribution in [1.29, 1.82) is 0 Å². The normalized spacial score (nSPS) is 9.58. The van der Waals surface area contributed by atoms with E-state index in [0.717, 1.165) is 22.4 Å². The van der Waals surface area contributed by atoms with Crippen LogP contribution in [0.1, 0.15) is 16.7 Å². The molecule has 0 aromatic heterocycles. The summed E-state index contributed by atoms with van der Waals surface area (Å²) in [5, 5.41) is 1.68. The number of hydrogen-bond acceptors (Lipinski definition) is 2. The topological polar surface area (TPSA) is 9.23 Å². The van der Waals surface area contributed by atoms with E-state index in [1.165, 1.54) is 0 Å². The van der Waals surface area contributed by atoms with Gasteiger partial charge in [-0.2, -0.15) is 0 Å². The van der Waals surface area contributed by atoms with Gasteiger partial charge in [0.15, 0.2) is 0 Å². The van der Waals surface area contributed by atoms with Gasteiger partial charge in [0.1, 0.15) is 5.75 Å². The minimum atomic E-state index is 0.939. The molecule has 0 aliphatic carbocycles. The van der Waals surface area contributed by atoms with E-state index in [4.69, 9.17) is 17.0 Å². The standard InChI is InChI=1S/C10H12OS/c1-7-4-5-9(6-12)8(2)10(7)11-3/h4-6H,1-3H3. The van der Waals surface area contributed by atoms with E-state index >= 15 is 0 Å². The molecule has 0 heterocycles. The molecule has 0 aliphatic rings. The number of methoxy groups -OCH3 is 1. The molecule has 12 heavy (non-hydrogen) atoms. The highest BCUT2D eigenvalue weighted by atomic mass is 32.1. The maximum absolute atomic E-state index is 5.25. The van der Waals surface area contributed by atoms with Crippen LogP contribution in [0.4, 0.5) is 0 Å². The van der Waals surface area contributed by atoms with Crippen LogP contribution in [0.25, 0.3) is 0 Å². The number of thiocarbonyl (C=S) groups is 1. The average Bonchev–Trinajstić information content (AvgIpc) is 2.06.